The van der Waals surface area contributed by atoms with Crippen LogP contribution in [0.4, 0.5) is 0 Å². The van der Waals surface area contributed by atoms with Gasteiger partial charge in [-0.25, -0.2) is 0 Å². The number of aromatic amines is 1. The van der Waals surface area contributed by atoms with Crippen molar-refractivity contribution in [3.05, 3.63) is 184 Å². The number of aromatic nitrogens is 1. The molecule has 0 aliphatic heterocycles. The van der Waals surface area contributed by atoms with Crippen molar-refractivity contribution in [1.29, 1.82) is 0 Å². The normalized spacial score (nSPS) is 16.2. The zero-order chi connectivity index (χ0) is 27.9. The third-order valence-electron chi connectivity index (χ3n) is 7.22. The van der Waals surface area contributed by atoms with Crippen LogP contribution >= 0.6 is 19.7 Å². The molecule has 4 heteroatoms. The van der Waals surface area contributed by atoms with Crippen molar-refractivity contribution >= 4 is 41.2 Å². The predicted molar refractivity (Wildman–Crippen MR) is 177 cm³/mol. The van der Waals surface area contributed by atoms with Crippen LogP contribution in [0.2, 0.25) is 0 Å². The van der Waals surface area contributed by atoms with Gasteiger partial charge in [-0.3, -0.25) is 0 Å². The summed E-state index contributed by atoms with van der Waals surface area (Å²) in [7, 11) is -0.656. The van der Waals surface area contributed by atoms with E-state index in [2.05, 4.69) is 146 Å². The molecule has 0 spiro atoms. The first-order valence-corrected chi connectivity index (χ1v) is 16.1. The van der Waals surface area contributed by atoms with Crippen molar-refractivity contribution in [3.63, 3.8) is 0 Å². The third kappa shape index (κ3) is 7.26. The van der Waals surface area contributed by atoms with Gasteiger partial charge < -0.3 is 4.98 Å². The van der Waals surface area contributed by atoms with Crippen molar-refractivity contribution < 1.29 is 17.1 Å². The molecule has 1 atom stereocenters. The fraction of sp³-hybridized carbons (Fsp3) is 0.0526. The quantitative estimate of drug-likeness (QED) is 0.142. The molecule has 2 fully saturated rings. The molecule has 2 aliphatic rings. The Balaban J connectivity index is 0.000000534. The third-order valence-corrected chi connectivity index (χ3v) is 10.8. The van der Waals surface area contributed by atoms with Crippen LogP contribution in [0.1, 0.15) is 18.4 Å². The number of benzene rings is 4. The Kier molecular flexibility index (Phi) is 11.5. The van der Waals surface area contributed by atoms with E-state index in [1.165, 1.54) is 48.6 Å². The summed E-state index contributed by atoms with van der Waals surface area (Å²) in [6, 6.07) is 41.3. The molecule has 1 heterocycles. The van der Waals surface area contributed by atoms with Gasteiger partial charge in [0.15, 0.2) is 0 Å². The van der Waals surface area contributed by atoms with Crippen LogP contribution in [0.5, 0.6) is 0 Å². The fourth-order valence-electron chi connectivity index (χ4n) is 5.31. The van der Waals surface area contributed by atoms with Crippen LogP contribution in [0, 0.1) is 62.9 Å². The predicted octanol–water partition coefficient (Wildman–Crippen LogP) is 9.31. The summed E-state index contributed by atoms with van der Waals surface area (Å²) in [6.07, 6.45) is 16.9. The molecule has 0 amide bonds. The topological polar surface area (TPSA) is 15.8 Å². The smallest absolute Gasteiger partial charge is 0.349 e. The molecule has 1 N–H and O–H groups in total. The van der Waals surface area contributed by atoms with Crippen LogP contribution < -0.4 is 10.6 Å². The molecular formula is C38H32FeNPS+2. The Morgan fingerprint density at radius 2 is 1.12 bits per heavy atom. The molecule has 2 aliphatic carbocycles. The van der Waals surface area contributed by atoms with Gasteiger partial charge in [0.25, 0.3) is 0 Å². The van der Waals surface area contributed by atoms with Crippen molar-refractivity contribution in [2.45, 2.75) is 22.8 Å². The average Bonchev–Trinajstić information content (AvgIpc) is 3.81. The van der Waals surface area contributed by atoms with E-state index in [9.17, 15) is 0 Å². The number of rotatable bonds is 7. The molecule has 10 radical (unpaired) electrons. The van der Waals surface area contributed by atoms with Crippen molar-refractivity contribution in [2.75, 3.05) is 0 Å². The maximum atomic E-state index is 3.74. The molecule has 4 aromatic carbocycles. The molecule has 1 nitrogen and oxygen atoms in total. The molecule has 0 bridgehead atoms. The van der Waals surface area contributed by atoms with E-state index in [1.54, 1.807) is 0 Å². The molecule has 0 unspecified atom stereocenters. The van der Waals surface area contributed by atoms with Crippen molar-refractivity contribution in [1.82, 2.24) is 4.98 Å². The molecule has 5 aromatic rings. The second-order valence-corrected chi connectivity index (χ2v) is 13.2. The number of para-hydroxylation sites is 1. The standard InChI is InChI=1S/C33H27NPS.C5H5.Fe/c1-24(32-29-20-11-12-22-30(29)34-33(32)36-27-18-9-4-10-19-27)28-21-13-23-31(28)35(25-14-5-2-6-15-25)26-16-7-3-8-17-26;1-2-4-5-3-1;/h2-24,34H,1H3;1-5H;/q;;+2/t24-;;/m0../s1. The summed E-state index contributed by atoms with van der Waals surface area (Å²) >= 11 is 1.82. The molecule has 7 rings (SSSR count). The number of H-pyrrole nitrogens is 1. The Labute approximate surface area is 268 Å². The van der Waals surface area contributed by atoms with E-state index >= 15 is 0 Å². The minimum Gasteiger partial charge on any atom is -0.349 e. The van der Waals surface area contributed by atoms with Gasteiger partial charge in [-0.05, 0) is 105 Å². The number of hydrogen-bond acceptors (Lipinski definition) is 1. The van der Waals surface area contributed by atoms with Crippen molar-refractivity contribution in [2.24, 2.45) is 0 Å². The Hall–Kier alpha value is -2.28. The Morgan fingerprint density at radius 1 is 0.595 bits per heavy atom. The van der Waals surface area contributed by atoms with Crippen molar-refractivity contribution in [3.8, 4) is 0 Å². The van der Waals surface area contributed by atoms with Gasteiger partial charge in [0.2, 0.25) is 0 Å². The first kappa shape index (κ1) is 31.2. The largest absolute Gasteiger partial charge is 2.00 e. The van der Waals surface area contributed by atoms with E-state index in [4.69, 9.17) is 0 Å². The number of fused-ring (bicyclic) bond motifs is 1. The summed E-state index contributed by atoms with van der Waals surface area (Å²) in [4.78, 5) is 4.98. The summed E-state index contributed by atoms with van der Waals surface area (Å²) < 4.78 is 0. The minimum absolute atomic E-state index is 0. The molecule has 42 heavy (non-hydrogen) atoms. The fourth-order valence-corrected chi connectivity index (χ4v) is 8.95. The minimum atomic E-state index is -0.656. The molecule has 206 valence electrons. The van der Waals surface area contributed by atoms with Gasteiger partial charge in [-0.15, -0.1) is 0 Å². The first-order chi connectivity index (χ1) is 20.3. The zero-order valence-corrected chi connectivity index (χ0v) is 26.2. The van der Waals surface area contributed by atoms with Gasteiger partial charge in [0.05, 0.1) is 5.03 Å². The Bertz CT molecular complexity index is 1450. The SMILES string of the molecule is C[C@@H]([C]1[CH][CH][CH][C]1P(c1ccccc1)c1ccccc1)c1c(Sc2ccccc2)[nH]c2ccccc12.[CH]1[CH][CH][CH][CH]1.[Fe+2]. The molecule has 0 saturated heterocycles. The zero-order valence-electron chi connectivity index (χ0n) is 23.4. The number of hydrogen-bond donors (Lipinski definition) is 1. The maximum absolute atomic E-state index is 3.74. The monoisotopic (exact) mass is 621 g/mol. The summed E-state index contributed by atoms with van der Waals surface area (Å²) in [5.41, 5.74) is 4.01. The van der Waals surface area contributed by atoms with E-state index < -0.39 is 7.92 Å². The number of nitrogens with one attached hydrogen (secondary N) is 1. The van der Waals surface area contributed by atoms with Gasteiger partial charge in [-0.2, -0.15) is 0 Å². The summed E-state index contributed by atoms with van der Waals surface area (Å²) in [5, 5.41) is 5.30. The first-order valence-electron chi connectivity index (χ1n) is 14.0. The van der Waals surface area contributed by atoms with Crippen LogP contribution in [0.15, 0.2) is 125 Å². The average molecular weight is 622 g/mol. The molecule has 2 saturated carbocycles. The second kappa shape index (κ2) is 15.4. The van der Waals surface area contributed by atoms with Crippen LogP contribution in [0.25, 0.3) is 10.9 Å². The van der Waals surface area contributed by atoms with Crippen LogP contribution in [0.3, 0.4) is 0 Å². The van der Waals surface area contributed by atoms with E-state index in [-0.39, 0.29) is 23.0 Å². The van der Waals surface area contributed by atoms with Gasteiger partial charge in [0, 0.05) is 21.5 Å². The van der Waals surface area contributed by atoms with E-state index in [0.29, 0.717) is 0 Å². The second-order valence-electron chi connectivity index (χ2n) is 9.89. The summed E-state index contributed by atoms with van der Waals surface area (Å²) in [5.74, 6) is 1.66. The van der Waals surface area contributed by atoms with E-state index in [1.807, 2.05) is 43.9 Å². The van der Waals surface area contributed by atoms with Gasteiger partial charge in [0.1, 0.15) is 0 Å². The van der Waals surface area contributed by atoms with Gasteiger partial charge in [-0.1, -0.05) is 116 Å². The Morgan fingerprint density at radius 3 is 1.71 bits per heavy atom. The van der Waals surface area contributed by atoms with E-state index in [0.717, 1.165) is 0 Å². The molecular weight excluding hydrogens is 589 g/mol. The maximum Gasteiger partial charge on any atom is 2.00 e. The van der Waals surface area contributed by atoms with Gasteiger partial charge >= 0.3 is 17.1 Å². The molecule has 1 aromatic heterocycles. The van der Waals surface area contributed by atoms with Crippen LogP contribution in [-0.2, 0) is 17.1 Å². The van der Waals surface area contributed by atoms with Crippen LogP contribution in [-0.4, -0.2) is 4.98 Å². The summed E-state index contributed by atoms with van der Waals surface area (Å²) in [6.45, 7) is 2.37.